The normalized spacial score (nSPS) is 12.5. The number of nitrogens with one attached hydrogen (secondary N) is 2. The van der Waals surface area contributed by atoms with E-state index < -0.39 is 23.9 Å². The Bertz CT molecular complexity index is 759. The summed E-state index contributed by atoms with van der Waals surface area (Å²) in [5.41, 5.74) is 0.153. The molecule has 2 rings (SSSR count). The lowest BCUT2D eigenvalue weighted by atomic mass is 10.2. The Morgan fingerprint density at radius 3 is 2.33 bits per heavy atom. The number of carbonyl (C=O) groups is 2. The predicted molar refractivity (Wildman–Crippen MR) is 89.9 cm³/mol. The molecular formula is C17H18F3N3O4. The monoisotopic (exact) mass is 385 g/mol. The average molecular weight is 385 g/mol. The molecule has 0 aliphatic rings. The second-order valence-corrected chi connectivity index (χ2v) is 5.73. The lowest BCUT2D eigenvalue weighted by molar-refractivity contribution is -0.274. The number of carbonyl (C=O) groups excluding carboxylic acids is 2. The van der Waals surface area contributed by atoms with Crippen molar-refractivity contribution in [3.8, 4) is 5.75 Å². The fraction of sp³-hybridized carbons (Fsp3) is 0.294. The minimum absolute atomic E-state index is 0.130. The lowest BCUT2D eigenvalue weighted by Crippen LogP contribution is -2.40. The molecule has 0 saturated carbocycles. The highest BCUT2D eigenvalue weighted by atomic mass is 19.4. The van der Waals surface area contributed by atoms with Gasteiger partial charge in [-0.1, -0.05) is 0 Å². The van der Waals surface area contributed by atoms with Crippen LogP contribution in [0, 0.1) is 0 Å². The molecule has 0 bridgehead atoms. The fourth-order valence-corrected chi connectivity index (χ4v) is 2.22. The molecular weight excluding hydrogens is 367 g/mol. The van der Waals surface area contributed by atoms with E-state index in [2.05, 4.69) is 15.4 Å². The molecule has 2 amide bonds. The highest BCUT2D eigenvalue weighted by molar-refractivity contribution is 6.39. The Morgan fingerprint density at radius 2 is 1.81 bits per heavy atom. The summed E-state index contributed by atoms with van der Waals surface area (Å²) in [6.07, 6.45) is -3.30. The Morgan fingerprint density at radius 1 is 1.15 bits per heavy atom. The van der Waals surface area contributed by atoms with Gasteiger partial charge in [0.1, 0.15) is 11.5 Å². The lowest BCUT2D eigenvalue weighted by Gasteiger charge is -2.22. The Labute approximate surface area is 153 Å². The summed E-state index contributed by atoms with van der Waals surface area (Å²) in [6.45, 7) is 0.130. The van der Waals surface area contributed by atoms with Gasteiger partial charge >= 0.3 is 18.2 Å². The van der Waals surface area contributed by atoms with Gasteiger partial charge in [0.05, 0.1) is 12.3 Å². The Balaban J connectivity index is 1.89. The summed E-state index contributed by atoms with van der Waals surface area (Å²) >= 11 is 0. The van der Waals surface area contributed by atoms with Crippen LogP contribution in [-0.4, -0.2) is 43.7 Å². The van der Waals surface area contributed by atoms with Crippen molar-refractivity contribution < 1.29 is 31.9 Å². The molecule has 0 aliphatic carbocycles. The van der Waals surface area contributed by atoms with Crippen LogP contribution < -0.4 is 15.4 Å². The van der Waals surface area contributed by atoms with Gasteiger partial charge in [-0.3, -0.25) is 14.5 Å². The van der Waals surface area contributed by atoms with Crippen molar-refractivity contribution in [3.63, 3.8) is 0 Å². The highest BCUT2D eigenvalue weighted by Gasteiger charge is 2.31. The predicted octanol–water partition coefficient (Wildman–Crippen LogP) is 2.54. The zero-order valence-corrected chi connectivity index (χ0v) is 14.5. The molecule has 1 aromatic carbocycles. The minimum atomic E-state index is -4.80. The van der Waals surface area contributed by atoms with Crippen molar-refractivity contribution in [1.29, 1.82) is 0 Å². The van der Waals surface area contributed by atoms with Crippen molar-refractivity contribution in [2.45, 2.75) is 12.4 Å². The number of likely N-dealkylation sites (N-methyl/N-ethyl adjacent to an activating group) is 1. The number of amides is 2. The summed E-state index contributed by atoms with van der Waals surface area (Å²) in [7, 11) is 3.59. The standard InChI is InChI=1S/C17H18F3N3O4/c1-23(2)13(14-4-3-9-26-14)10-21-15(24)16(25)22-11-5-7-12(8-6-11)27-17(18,19)20/h3-9,13H,10H2,1-2H3,(H,21,24)(H,22,25)/t13-/m0/s1. The van der Waals surface area contributed by atoms with Gasteiger partial charge in [0, 0.05) is 12.2 Å². The number of alkyl halides is 3. The molecule has 0 spiro atoms. The topological polar surface area (TPSA) is 83.8 Å². The number of benzene rings is 1. The molecule has 0 radical (unpaired) electrons. The molecule has 2 aromatic rings. The average Bonchev–Trinajstić information content (AvgIpc) is 3.09. The van der Waals surface area contributed by atoms with E-state index in [9.17, 15) is 22.8 Å². The van der Waals surface area contributed by atoms with Crippen LogP contribution in [0.3, 0.4) is 0 Å². The number of halogens is 3. The SMILES string of the molecule is CN(C)[C@@H](CNC(=O)C(=O)Nc1ccc(OC(F)(F)F)cc1)c1ccco1. The van der Waals surface area contributed by atoms with Crippen LogP contribution in [0.25, 0.3) is 0 Å². The maximum Gasteiger partial charge on any atom is 0.573 e. The Kier molecular flexibility index (Phi) is 6.45. The minimum Gasteiger partial charge on any atom is -0.468 e. The van der Waals surface area contributed by atoms with Crippen LogP contribution in [0.1, 0.15) is 11.8 Å². The van der Waals surface area contributed by atoms with Crippen molar-refractivity contribution in [2.75, 3.05) is 26.0 Å². The first-order valence-electron chi connectivity index (χ1n) is 7.80. The Hall–Kier alpha value is -3.01. The van der Waals surface area contributed by atoms with Gasteiger partial charge < -0.3 is 19.8 Å². The molecule has 7 nitrogen and oxygen atoms in total. The highest BCUT2D eigenvalue weighted by Crippen LogP contribution is 2.24. The van der Waals surface area contributed by atoms with Gasteiger partial charge in [-0.15, -0.1) is 13.2 Å². The number of rotatable bonds is 6. The first kappa shape index (κ1) is 20.3. The van der Waals surface area contributed by atoms with Crippen LogP contribution in [0.2, 0.25) is 0 Å². The van der Waals surface area contributed by atoms with E-state index in [0.717, 1.165) is 12.1 Å². The van der Waals surface area contributed by atoms with Crippen LogP contribution in [-0.2, 0) is 9.59 Å². The second kappa shape index (κ2) is 8.58. The van der Waals surface area contributed by atoms with E-state index in [1.165, 1.54) is 18.4 Å². The van der Waals surface area contributed by atoms with E-state index in [1.54, 1.807) is 26.2 Å². The van der Waals surface area contributed by atoms with Crippen molar-refractivity contribution in [3.05, 3.63) is 48.4 Å². The molecule has 27 heavy (non-hydrogen) atoms. The molecule has 0 aliphatic heterocycles. The summed E-state index contributed by atoms with van der Waals surface area (Å²) in [6, 6.07) is 7.64. The third-order valence-electron chi connectivity index (χ3n) is 3.50. The van der Waals surface area contributed by atoms with Gasteiger partial charge in [0.2, 0.25) is 0 Å². The molecule has 146 valence electrons. The first-order valence-corrected chi connectivity index (χ1v) is 7.80. The van der Waals surface area contributed by atoms with Crippen LogP contribution >= 0.6 is 0 Å². The summed E-state index contributed by atoms with van der Waals surface area (Å²) in [5.74, 6) is -1.64. The molecule has 1 aromatic heterocycles. The zero-order valence-electron chi connectivity index (χ0n) is 14.5. The fourth-order valence-electron chi connectivity index (χ4n) is 2.22. The van der Waals surface area contributed by atoms with E-state index in [0.29, 0.717) is 5.76 Å². The quantitative estimate of drug-likeness (QED) is 0.747. The van der Waals surface area contributed by atoms with E-state index >= 15 is 0 Å². The van der Waals surface area contributed by atoms with Gasteiger partial charge in [0.15, 0.2) is 0 Å². The van der Waals surface area contributed by atoms with Gasteiger partial charge in [-0.25, -0.2) is 0 Å². The first-order chi connectivity index (χ1) is 12.7. The van der Waals surface area contributed by atoms with Gasteiger partial charge in [0.25, 0.3) is 0 Å². The number of hydrogen-bond donors (Lipinski definition) is 2. The molecule has 0 fully saturated rings. The number of nitrogens with zero attached hydrogens (tertiary/aromatic N) is 1. The van der Waals surface area contributed by atoms with Crippen LogP contribution in [0.15, 0.2) is 47.1 Å². The van der Waals surface area contributed by atoms with E-state index in [4.69, 9.17) is 4.42 Å². The zero-order chi connectivity index (χ0) is 20.0. The third kappa shape index (κ3) is 6.33. The maximum absolute atomic E-state index is 12.1. The van der Waals surface area contributed by atoms with Crippen LogP contribution in [0.5, 0.6) is 5.75 Å². The smallest absolute Gasteiger partial charge is 0.468 e. The molecule has 1 heterocycles. The van der Waals surface area contributed by atoms with E-state index in [1.807, 2.05) is 4.90 Å². The summed E-state index contributed by atoms with van der Waals surface area (Å²) in [4.78, 5) is 25.7. The molecule has 0 unspecified atom stereocenters. The summed E-state index contributed by atoms with van der Waals surface area (Å²) < 4.78 is 45.4. The number of furan rings is 1. The largest absolute Gasteiger partial charge is 0.573 e. The number of hydrogen-bond acceptors (Lipinski definition) is 5. The summed E-state index contributed by atoms with van der Waals surface area (Å²) in [5, 5.41) is 4.78. The van der Waals surface area contributed by atoms with Crippen LogP contribution in [0.4, 0.5) is 18.9 Å². The van der Waals surface area contributed by atoms with Gasteiger partial charge in [-0.05, 0) is 50.5 Å². The van der Waals surface area contributed by atoms with Gasteiger partial charge in [-0.2, -0.15) is 0 Å². The molecule has 1 atom stereocenters. The maximum atomic E-state index is 12.1. The van der Waals surface area contributed by atoms with E-state index in [-0.39, 0.29) is 18.3 Å². The molecule has 2 N–H and O–H groups in total. The third-order valence-corrected chi connectivity index (χ3v) is 3.50. The van der Waals surface area contributed by atoms with Crippen molar-refractivity contribution in [2.24, 2.45) is 0 Å². The van der Waals surface area contributed by atoms with Crippen molar-refractivity contribution in [1.82, 2.24) is 10.2 Å². The number of anilines is 1. The molecule has 0 saturated heterocycles. The second-order valence-electron chi connectivity index (χ2n) is 5.73. The van der Waals surface area contributed by atoms with Crippen molar-refractivity contribution >= 4 is 17.5 Å². The molecule has 10 heteroatoms. The number of ether oxygens (including phenoxy) is 1.